The Labute approximate surface area is 107 Å². The molecule has 2 nitrogen and oxygen atoms in total. The van der Waals surface area contributed by atoms with Crippen LogP contribution in [0.2, 0.25) is 0 Å². The summed E-state index contributed by atoms with van der Waals surface area (Å²) in [7, 11) is 2.14. The lowest BCUT2D eigenvalue weighted by Crippen LogP contribution is -2.33. The van der Waals surface area contributed by atoms with Crippen LogP contribution in [-0.2, 0) is 11.2 Å². The summed E-state index contributed by atoms with van der Waals surface area (Å²) < 4.78 is 5.37. The predicted molar refractivity (Wildman–Crippen MR) is 71.7 cm³/mol. The summed E-state index contributed by atoms with van der Waals surface area (Å²) in [5.74, 6) is 0.578. The van der Waals surface area contributed by atoms with Crippen LogP contribution in [0.25, 0.3) is 0 Å². The van der Waals surface area contributed by atoms with Crippen LogP contribution < -0.4 is 0 Å². The van der Waals surface area contributed by atoms with Crippen LogP contribution in [-0.4, -0.2) is 43.6 Å². The van der Waals surface area contributed by atoms with E-state index in [0.29, 0.717) is 18.5 Å². The predicted octanol–water partition coefficient (Wildman–Crippen LogP) is 2.87. The number of hydrogen-bond acceptors (Lipinski definition) is 3. The van der Waals surface area contributed by atoms with Crippen molar-refractivity contribution in [2.45, 2.75) is 19.4 Å². The van der Waals surface area contributed by atoms with Gasteiger partial charge in [-0.2, -0.15) is 0 Å². The molecule has 0 bridgehead atoms. The van der Waals surface area contributed by atoms with Crippen molar-refractivity contribution in [1.82, 2.24) is 4.90 Å². The Balaban J connectivity index is 2.17. The maximum atomic E-state index is 5.54. The van der Waals surface area contributed by atoms with Crippen LogP contribution in [0.3, 0.4) is 0 Å². The van der Waals surface area contributed by atoms with Crippen molar-refractivity contribution in [2.24, 2.45) is 0 Å². The molecule has 0 saturated heterocycles. The molecule has 1 unspecified atom stereocenters. The molecule has 1 heterocycles. The summed E-state index contributed by atoms with van der Waals surface area (Å²) in [5.41, 5.74) is 0. The second-order valence-corrected chi connectivity index (χ2v) is 5.32. The van der Waals surface area contributed by atoms with Gasteiger partial charge in [0.1, 0.15) is 0 Å². The van der Waals surface area contributed by atoms with Crippen molar-refractivity contribution in [3.8, 4) is 0 Å². The number of likely N-dealkylation sites (N-methyl/N-ethyl adjacent to an activating group) is 1. The third-order valence-corrected chi connectivity index (χ3v) is 3.69. The third-order valence-electron chi connectivity index (χ3n) is 2.64. The number of halogens is 1. The molecule has 0 spiro atoms. The highest BCUT2D eigenvalue weighted by molar-refractivity contribution is 7.09. The Hall–Kier alpha value is -0.0900. The van der Waals surface area contributed by atoms with Crippen LogP contribution >= 0.6 is 22.9 Å². The molecule has 0 amide bonds. The molecule has 92 valence electrons. The molecule has 0 fully saturated rings. The minimum Gasteiger partial charge on any atom is -0.379 e. The van der Waals surface area contributed by atoms with E-state index < -0.39 is 0 Å². The number of nitrogens with zero attached hydrogens (tertiary/aromatic N) is 1. The van der Waals surface area contributed by atoms with E-state index in [9.17, 15) is 0 Å². The van der Waals surface area contributed by atoms with Gasteiger partial charge in [-0.25, -0.2) is 0 Å². The van der Waals surface area contributed by atoms with Crippen LogP contribution in [0.5, 0.6) is 0 Å². The molecule has 16 heavy (non-hydrogen) atoms. The highest BCUT2D eigenvalue weighted by Crippen LogP contribution is 2.13. The van der Waals surface area contributed by atoms with Crippen molar-refractivity contribution < 1.29 is 4.74 Å². The van der Waals surface area contributed by atoms with Gasteiger partial charge < -0.3 is 9.64 Å². The Morgan fingerprint density at radius 1 is 1.50 bits per heavy atom. The molecule has 1 atom stereocenters. The van der Waals surface area contributed by atoms with Gasteiger partial charge in [0, 0.05) is 23.3 Å². The monoisotopic (exact) mass is 261 g/mol. The molecule has 0 saturated carbocycles. The van der Waals surface area contributed by atoms with Gasteiger partial charge in [-0.15, -0.1) is 22.9 Å². The van der Waals surface area contributed by atoms with Crippen LogP contribution in [0.1, 0.15) is 11.8 Å². The van der Waals surface area contributed by atoms with E-state index in [1.807, 2.05) is 11.3 Å². The van der Waals surface area contributed by atoms with Crippen LogP contribution in [0.15, 0.2) is 17.5 Å². The fourth-order valence-electron chi connectivity index (χ4n) is 1.46. The normalized spacial score (nSPS) is 13.2. The average molecular weight is 262 g/mol. The molecule has 4 heteroatoms. The van der Waals surface area contributed by atoms with Gasteiger partial charge in [0.15, 0.2) is 0 Å². The van der Waals surface area contributed by atoms with Gasteiger partial charge in [-0.3, -0.25) is 0 Å². The second-order valence-electron chi connectivity index (χ2n) is 3.91. The summed E-state index contributed by atoms with van der Waals surface area (Å²) in [5, 5.41) is 2.13. The van der Waals surface area contributed by atoms with E-state index in [2.05, 4.69) is 36.4 Å². The zero-order valence-electron chi connectivity index (χ0n) is 9.99. The van der Waals surface area contributed by atoms with Gasteiger partial charge in [0.25, 0.3) is 0 Å². The molecule has 1 aromatic heterocycles. The van der Waals surface area contributed by atoms with Crippen LogP contribution in [0, 0.1) is 0 Å². The standard InChI is InChI=1S/C12H20ClNOS/c1-11(10-12-4-3-9-16-12)14(2)6-8-15-7-5-13/h3-4,9,11H,5-8,10H2,1-2H3. The number of thiophene rings is 1. The highest BCUT2D eigenvalue weighted by atomic mass is 35.5. The highest BCUT2D eigenvalue weighted by Gasteiger charge is 2.09. The van der Waals surface area contributed by atoms with Gasteiger partial charge in [0.2, 0.25) is 0 Å². The first-order valence-electron chi connectivity index (χ1n) is 5.60. The molecule has 0 aromatic carbocycles. The maximum absolute atomic E-state index is 5.54. The van der Waals surface area contributed by atoms with Gasteiger partial charge in [-0.1, -0.05) is 6.07 Å². The Morgan fingerprint density at radius 3 is 2.94 bits per heavy atom. The van der Waals surface area contributed by atoms with Crippen LogP contribution in [0.4, 0.5) is 0 Å². The van der Waals surface area contributed by atoms with Gasteiger partial charge in [-0.05, 0) is 31.8 Å². The van der Waals surface area contributed by atoms with Gasteiger partial charge in [0.05, 0.1) is 13.2 Å². The summed E-state index contributed by atoms with van der Waals surface area (Å²) >= 11 is 7.36. The lowest BCUT2D eigenvalue weighted by Gasteiger charge is -2.24. The first kappa shape index (κ1) is 14.0. The van der Waals surface area contributed by atoms with Crippen molar-refractivity contribution in [1.29, 1.82) is 0 Å². The second kappa shape index (κ2) is 8.07. The number of hydrogen-bond donors (Lipinski definition) is 0. The maximum Gasteiger partial charge on any atom is 0.0602 e. The van der Waals surface area contributed by atoms with Crippen molar-refractivity contribution >= 4 is 22.9 Å². The van der Waals surface area contributed by atoms with Crippen molar-refractivity contribution in [3.05, 3.63) is 22.4 Å². The Bertz CT molecular complexity index is 266. The summed E-state index contributed by atoms with van der Waals surface area (Å²) in [6.45, 7) is 4.62. The Morgan fingerprint density at radius 2 is 2.31 bits per heavy atom. The first-order chi connectivity index (χ1) is 7.74. The summed E-state index contributed by atoms with van der Waals surface area (Å²) in [6.07, 6.45) is 1.11. The zero-order valence-corrected chi connectivity index (χ0v) is 11.6. The SMILES string of the molecule is CC(Cc1cccs1)N(C)CCOCCCl. The molecule has 0 aliphatic heterocycles. The van der Waals surface area contributed by atoms with Crippen molar-refractivity contribution in [2.75, 3.05) is 32.7 Å². The van der Waals surface area contributed by atoms with Gasteiger partial charge >= 0.3 is 0 Å². The van der Waals surface area contributed by atoms with E-state index in [1.54, 1.807) is 0 Å². The van der Waals surface area contributed by atoms with E-state index in [0.717, 1.165) is 19.6 Å². The molecule has 0 aliphatic carbocycles. The minimum absolute atomic E-state index is 0.554. The fourth-order valence-corrected chi connectivity index (χ4v) is 2.40. The molecule has 0 radical (unpaired) electrons. The van der Waals surface area contributed by atoms with E-state index in [-0.39, 0.29) is 0 Å². The topological polar surface area (TPSA) is 12.5 Å². The molecule has 0 aliphatic rings. The van der Waals surface area contributed by atoms with E-state index >= 15 is 0 Å². The number of rotatable bonds is 8. The Kier molecular flexibility index (Phi) is 7.05. The summed E-state index contributed by atoms with van der Waals surface area (Å²) in [6, 6.07) is 4.85. The first-order valence-corrected chi connectivity index (χ1v) is 7.01. The minimum atomic E-state index is 0.554. The van der Waals surface area contributed by atoms with E-state index in [1.165, 1.54) is 4.88 Å². The molecule has 0 N–H and O–H groups in total. The molecule has 1 rings (SSSR count). The van der Waals surface area contributed by atoms with Crippen molar-refractivity contribution in [3.63, 3.8) is 0 Å². The zero-order chi connectivity index (χ0) is 11.8. The average Bonchev–Trinajstić information content (AvgIpc) is 2.76. The lowest BCUT2D eigenvalue weighted by molar-refractivity contribution is 0.111. The molecule has 1 aromatic rings. The summed E-state index contributed by atoms with van der Waals surface area (Å²) in [4.78, 5) is 3.77. The smallest absolute Gasteiger partial charge is 0.0602 e. The third kappa shape index (κ3) is 5.30. The fraction of sp³-hybridized carbons (Fsp3) is 0.667. The van der Waals surface area contributed by atoms with E-state index in [4.69, 9.17) is 16.3 Å². The number of alkyl halides is 1. The molecular weight excluding hydrogens is 242 g/mol. The largest absolute Gasteiger partial charge is 0.379 e. The quantitative estimate of drug-likeness (QED) is 0.527. The number of ether oxygens (including phenoxy) is 1. The molecular formula is C12H20ClNOS. The lowest BCUT2D eigenvalue weighted by atomic mass is 10.2.